The molecular weight excluding hydrogens is 398 g/mol. The minimum atomic E-state index is -0.534. The molecule has 0 amide bonds. The highest BCUT2D eigenvalue weighted by Gasteiger charge is 2.42. The summed E-state index contributed by atoms with van der Waals surface area (Å²) in [4.78, 5) is 15.1. The Bertz CT molecular complexity index is 960. The Morgan fingerprint density at radius 3 is 1.91 bits per heavy atom. The molecule has 0 saturated carbocycles. The molecule has 1 saturated heterocycles. The predicted molar refractivity (Wildman–Crippen MR) is 126 cm³/mol. The quantitative estimate of drug-likeness (QED) is 0.481. The Morgan fingerprint density at radius 2 is 1.41 bits per heavy atom. The zero-order valence-corrected chi connectivity index (χ0v) is 19.0. The van der Waals surface area contributed by atoms with Crippen molar-refractivity contribution >= 4 is 5.97 Å². The first kappa shape index (κ1) is 22.3. The number of benzene rings is 3. The monoisotopic (exact) mass is 429 g/mol. The summed E-state index contributed by atoms with van der Waals surface area (Å²) in [5, 5.41) is 0. The van der Waals surface area contributed by atoms with E-state index in [2.05, 4.69) is 41.3 Å². The van der Waals surface area contributed by atoms with Gasteiger partial charge in [0.05, 0.1) is 19.2 Å². The number of rotatable bonds is 6. The lowest BCUT2D eigenvalue weighted by Crippen LogP contribution is -2.42. The molecule has 1 fully saturated rings. The van der Waals surface area contributed by atoms with E-state index in [1.165, 1.54) is 0 Å². The summed E-state index contributed by atoms with van der Waals surface area (Å²) >= 11 is 0. The number of ether oxygens (including phenoxy) is 2. The first-order chi connectivity index (χ1) is 15.4. The molecule has 0 aromatic heterocycles. The third-order valence-corrected chi connectivity index (χ3v) is 5.67. The van der Waals surface area contributed by atoms with Gasteiger partial charge in [0.2, 0.25) is 0 Å². The van der Waals surface area contributed by atoms with Gasteiger partial charge in [-0.2, -0.15) is 0 Å². The fraction of sp³-hybridized carbons (Fsp3) is 0.321. The lowest BCUT2D eigenvalue weighted by Gasteiger charge is -2.34. The highest BCUT2D eigenvalue weighted by atomic mass is 16.6. The van der Waals surface area contributed by atoms with Crippen LogP contribution in [0, 0.1) is 0 Å². The molecular formula is C28H31NO3. The molecule has 2 atom stereocenters. The van der Waals surface area contributed by atoms with Gasteiger partial charge in [-0.3, -0.25) is 9.69 Å². The van der Waals surface area contributed by atoms with Crippen LogP contribution in [0.25, 0.3) is 0 Å². The van der Waals surface area contributed by atoms with E-state index >= 15 is 0 Å². The Kier molecular flexibility index (Phi) is 6.73. The van der Waals surface area contributed by atoms with Crippen molar-refractivity contribution < 1.29 is 14.3 Å². The lowest BCUT2D eigenvalue weighted by atomic mass is 9.89. The molecule has 1 aliphatic rings. The van der Waals surface area contributed by atoms with Gasteiger partial charge < -0.3 is 9.47 Å². The van der Waals surface area contributed by atoms with Gasteiger partial charge in [-0.15, -0.1) is 0 Å². The van der Waals surface area contributed by atoms with Crippen molar-refractivity contribution in [1.82, 2.24) is 4.90 Å². The van der Waals surface area contributed by atoms with Crippen LogP contribution in [0.2, 0.25) is 0 Å². The molecule has 1 aliphatic heterocycles. The molecule has 0 aliphatic carbocycles. The Morgan fingerprint density at radius 1 is 0.906 bits per heavy atom. The highest BCUT2D eigenvalue weighted by Crippen LogP contribution is 2.40. The van der Waals surface area contributed by atoms with Crippen LogP contribution in [0.4, 0.5) is 0 Å². The Balaban J connectivity index is 1.72. The zero-order valence-electron chi connectivity index (χ0n) is 19.0. The molecule has 4 nitrogen and oxygen atoms in total. The summed E-state index contributed by atoms with van der Waals surface area (Å²) in [5.74, 6) is -0.276. The first-order valence-electron chi connectivity index (χ1n) is 11.2. The maximum atomic E-state index is 12.9. The molecule has 3 aromatic carbocycles. The lowest BCUT2D eigenvalue weighted by molar-refractivity contribution is -0.158. The van der Waals surface area contributed by atoms with Crippen molar-refractivity contribution in [2.24, 2.45) is 0 Å². The van der Waals surface area contributed by atoms with Gasteiger partial charge in [-0.25, -0.2) is 0 Å². The number of carbonyl (C=O) groups is 1. The summed E-state index contributed by atoms with van der Waals surface area (Å²) in [6, 6.07) is 31.0. The molecule has 0 spiro atoms. The van der Waals surface area contributed by atoms with Crippen molar-refractivity contribution in [3.8, 4) is 0 Å². The van der Waals surface area contributed by atoms with Crippen LogP contribution in [-0.2, 0) is 14.3 Å². The largest absolute Gasteiger partial charge is 0.459 e. The molecule has 4 heteroatoms. The second kappa shape index (κ2) is 9.68. The predicted octanol–water partition coefficient (Wildman–Crippen LogP) is 5.56. The molecule has 0 bridgehead atoms. The van der Waals surface area contributed by atoms with Gasteiger partial charge >= 0.3 is 5.97 Å². The standard InChI is InChI=1S/C28H31NO3/c1-28(2,3)32-25(30)19-29-24(21-13-7-4-8-14-21)20-31-27(29)26(22-15-9-5-10-16-22)23-17-11-6-12-18-23/h4-18,24,26-27H,19-20H2,1-3H3. The second-order valence-electron chi connectivity index (χ2n) is 9.21. The molecule has 4 rings (SSSR count). The Hall–Kier alpha value is -2.95. The smallest absolute Gasteiger partial charge is 0.320 e. The van der Waals surface area contributed by atoms with Crippen molar-refractivity contribution in [3.63, 3.8) is 0 Å². The molecule has 1 heterocycles. The van der Waals surface area contributed by atoms with Gasteiger partial charge in [0, 0.05) is 5.92 Å². The third-order valence-electron chi connectivity index (χ3n) is 5.67. The maximum Gasteiger partial charge on any atom is 0.320 e. The number of nitrogens with zero attached hydrogens (tertiary/aromatic N) is 1. The highest BCUT2D eigenvalue weighted by molar-refractivity contribution is 5.72. The van der Waals surface area contributed by atoms with Gasteiger partial charge in [0.15, 0.2) is 0 Å². The Labute approximate surface area is 190 Å². The van der Waals surface area contributed by atoms with E-state index in [0.717, 1.165) is 16.7 Å². The maximum absolute atomic E-state index is 12.9. The van der Waals surface area contributed by atoms with Gasteiger partial charge in [-0.1, -0.05) is 91.0 Å². The molecule has 166 valence electrons. The van der Waals surface area contributed by atoms with Gasteiger partial charge in [-0.05, 0) is 37.5 Å². The summed E-state index contributed by atoms with van der Waals surface area (Å²) in [6.45, 7) is 6.38. The van der Waals surface area contributed by atoms with Crippen LogP contribution in [0.1, 0.15) is 49.4 Å². The van der Waals surface area contributed by atoms with E-state index in [-0.39, 0.29) is 30.7 Å². The summed E-state index contributed by atoms with van der Waals surface area (Å²) in [7, 11) is 0. The van der Waals surface area contributed by atoms with Crippen molar-refractivity contribution in [2.45, 2.75) is 44.6 Å². The number of carbonyl (C=O) groups excluding carboxylic acids is 1. The molecule has 3 aromatic rings. The number of esters is 1. The third kappa shape index (κ3) is 5.26. The van der Waals surface area contributed by atoms with Crippen LogP contribution in [-0.4, -0.2) is 35.8 Å². The molecule has 2 unspecified atom stereocenters. The number of hydrogen-bond donors (Lipinski definition) is 0. The average Bonchev–Trinajstić information content (AvgIpc) is 3.17. The first-order valence-corrected chi connectivity index (χ1v) is 11.2. The normalized spacial score (nSPS) is 19.2. The molecule has 0 N–H and O–H groups in total. The van der Waals surface area contributed by atoms with E-state index in [1.807, 2.05) is 75.4 Å². The molecule has 32 heavy (non-hydrogen) atoms. The van der Waals surface area contributed by atoms with Crippen LogP contribution in [0.15, 0.2) is 91.0 Å². The van der Waals surface area contributed by atoms with E-state index in [4.69, 9.17) is 9.47 Å². The fourth-order valence-electron chi connectivity index (χ4n) is 4.37. The average molecular weight is 430 g/mol. The van der Waals surface area contributed by atoms with Crippen LogP contribution in [0.5, 0.6) is 0 Å². The van der Waals surface area contributed by atoms with Gasteiger partial charge in [0.25, 0.3) is 0 Å². The van der Waals surface area contributed by atoms with Gasteiger partial charge in [0.1, 0.15) is 11.8 Å². The van der Waals surface area contributed by atoms with Crippen LogP contribution < -0.4 is 0 Å². The minimum Gasteiger partial charge on any atom is -0.459 e. The SMILES string of the molecule is CC(C)(C)OC(=O)CN1C(c2ccccc2)COC1C(c1ccccc1)c1ccccc1. The van der Waals surface area contributed by atoms with E-state index in [9.17, 15) is 4.79 Å². The van der Waals surface area contributed by atoms with Crippen LogP contribution >= 0.6 is 0 Å². The summed E-state index contributed by atoms with van der Waals surface area (Å²) < 4.78 is 12.1. The number of hydrogen-bond acceptors (Lipinski definition) is 4. The fourth-order valence-corrected chi connectivity index (χ4v) is 4.37. The molecule has 0 radical (unpaired) electrons. The topological polar surface area (TPSA) is 38.8 Å². The summed E-state index contributed by atoms with van der Waals surface area (Å²) in [5.41, 5.74) is 2.92. The van der Waals surface area contributed by atoms with Crippen molar-refractivity contribution in [3.05, 3.63) is 108 Å². The van der Waals surface area contributed by atoms with Crippen molar-refractivity contribution in [2.75, 3.05) is 13.2 Å². The van der Waals surface area contributed by atoms with E-state index in [0.29, 0.717) is 6.61 Å². The van der Waals surface area contributed by atoms with Crippen LogP contribution in [0.3, 0.4) is 0 Å². The minimum absolute atomic E-state index is 0.0244. The zero-order chi connectivity index (χ0) is 22.6. The van der Waals surface area contributed by atoms with E-state index in [1.54, 1.807) is 0 Å². The van der Waals surface area contributed by atoms with E-state index < -0.39 is 5.60 Å². The van der Waals surface area contributed by atoms with Crippen molar-refractivity contribution in [1.29, 1.82) is 0 Å². The second-order valence-corrected chi connectivity index (χ2v) is 9.21. The summed E-state index contributed by atoms with van der Waals surface area (Å²) in [6.07, 6.45) is -0.294.